The SMILES string of the molecule is C=CCCC(O)CN1CCC(C(=O)c2cccs2)CC1. The molecule has 0 aromatic carbocycles. The summed E-state index contributed by atoms with van der Waals surface area (Å²) in [6.45, 7) is 6.21. The molecule has 0 aliphatic carbocycles. The van der Waals surface area contributed by atoms with Gasteiger partial charge < -0.3 is 10.0 Å². The summed E-state index contributed by atoms with van der Waals surface area (Å²) in [6.07, 6.45) is 5.01. The number of aliphatic hydroxyl groups excluding tert-OH is 1. The highest BCUT2D eigenvalue weighted by atomic mass is 32.1. The Balaban J connectivity index is 1.75. The van der Waals surface area contributed by atoms with Crippen molar-refractivity contribution in [3.63, 3.8) is 0 Å². The largest absolute Gasteiger partial charge is 0.392 e. The van der Waals surface area contributed by atoms with Gasteiger partial charge in [0.25, 0.3) is 0 Å². The summed E-state index contributed by atoms with van der Waals surface area (Å²) in [4.78, 5) is 15.4. The van der Waals surface area contributed by atoms with Crippen molar-refractivity contribution < 1.29 is 9.90 Å². The van der Waals surface area contributed by atoms with Crippen LogP contribution < -0.4 is 0 Å². The lowest BCUT2D eigenvalue weighted by molar-refractivity contribution is 0.0712. The third-order valence-electron chi connectivity index (χ3n) is 3.90. The first-order chi connectivity index (χ1) is 9.70. The van der Waals surface area contributed by atoms with Crippen molar-refractivity contribution in [1.82, 2.24) is 4.90 Å². The third kappa shape index (κ3) is 4.27. The van der Waals surface area contributed by atoms with Gasteiger partial charge in [-0.25, -0.2) is 0 Å². The van der Waals surface area contributed by atoms with Gasteiger partial charge in [0.2, 0.25) is 0 Å². The molecule has 20 heavy (non-hydrogen) atoms. The molecule has 1 atom stereocenters. The van der Waals surface area contributed by atoms with E-state index in [1.165, 1.54) is 11.3 Å². The fraction of sp³-hybridized carbons (Fsp3) is 0.562. The number of allylic oxidation sites excluding steroid dienone is 1. The van der Waals surface area contributed by atoms with Gasteiger partial charge in [0.15, 0.2) is 5.78 Å². The second-order valence-corrected chi connectivity index (χ2v) is 6.38. The average molecular weight is 293 g/mol. The van der Waals surface area contributed by atoms with E-state index in [1.807, 2.05) is 23.6 Å². The Kier molecular flexibility index (Phi) is 5.95. The van der Waals surface area contributed by atoms with E-state index in [4.69, 9.17) is 0 Å². The Morgan fingerprint density at radius 2 is 2.30 bits per heavy atom. The maximum atomic E-state index is 12.3. The van der Waals surface area contributed by atoms with E-state index in [0.29, 0.717) is 12.3 Å². The molecule has 1 aliphatic rings. The highest BCUT2D eigenvalue weighted by Gasteiger charge is 2.26. The summed E-state index contributed by atoms with van der Waals surface area (Å²) < 4.78 is 0. The van der Waals surface area contributed by atoms with Crippen LogP contribution in [0.2, 0.25) is 0 Å². The minimum atomic E-state index is -0.280. The van der Waals surface area contributed by atoms with Crippen molar-refractivity contribution in [2.24, 2.45) is 5.92 Å². The second kappa shape index (κ2) is 7.72. The zero-order valence-corrected chi connectivity index (χ0v) is 12.6. The van der Waals surface area contributed by atoms with Crippen LogP contribution in [0.1, 0.15) is 35.4 Å². The van der Waals surface area contributed by atoms with E-state index in [0.717, 1.165) is 43.6 Å². The molecule has 1 fully saturated rings. The number of hydrogen-bond acceptors (Lipinski definition) is 4. The molecule has 0 bridgehead atoms. The van der Waals surface area contributed by atoms with Crippen molar-refractivity contribution >= 4 is 17.1 Å². The molecule has 1 aliphatic heterocycles. The van der Waals surface area contributed by atoms with Gasteiger partial charge in [0.05, 0.1) is 11.0 Å². The summed E-state index contributed by atoms with van der Waals surface area (Å²) in [5.74, 6) is 0.460. The molecule has 1 saturated heterocycles. The van der Waals surface area contributed by atoms with Crippen LogP contribution in [0.5, 0.6) is 0 Å². The molecule has 1 aromatic rings. The smallest absolute Gasteiger partial charge is 0.175 e. The van der Waals surface area contributed by atoms with Gasteiger partial charge in [0, 0.05) is 12.5 Å². The topological polar surface area (TPSA) is 40.5 Å². The number of Topliss-reactive ketones (excluding diaryl/α,β-unsaturated/α-hetero) is 1. The molecule has 2 rings (SSSR count). The number of piperidine rings is 1. The van der Waals surface area contributed by atoms with Crippen LogP contribution in [0.15, 0.2) is 30.2 Å². The Morgan fingerprint density at radius 1 is 1.55 bits per heavy atom. The molecule has 0 amide bonds. The highest BCUT2D eigenvalue weighted by molar-refractivity contribution is 7.12. The molecule has 2 heterocycles. The Bertz CT molecular complexity index is 422. The first-order valence-electron chi connectivity index (χ1n) is 7.29. The molecule has 1 unspecified atom stereocenters. The number of ketones is 1. The quantitative estimate of drug-likeness (QED) is 0.620. The van der Waals surface area contributed by atoms with E-state index in [2.05, 4.69) is 11.5 Å². The number of nitrogens with zero attached hydrogens (tertiary/aromatic N) is 1. The molecule has 110 valence electrons. The summed E-state index contributed by atoms with van der Waals surface area (Å²) in [5.41, 5.74) is 0. The first kappa shape index (κ1) is 15.4. The van der Waals surface area contributed by atoms with Crippen LogP contribution in [-0.2, 0) is 0 Å². The Hall–Kier alpha value is -0.970. The van der Waals surface area contributed by atoms with E-state index in [1.54, 1.807) is 0 Å². The van der Waals surface area contributed by atoms with E-state index < -0.39 is 0 Å². The number of hydrogen-bond donors (Lipinski definition) is 1. The first-order valence-corrected chi connectivity index (χ1v) is 8.17. The minimum Gasteiger partial charge on any atom is -0.392 e. The second-order valence-electron chi connectivity index (χ2n) is 5.44. The number of thiophene rings is 1. The normalized spacial score (nSPS) is 18.9. The molecule has 0 saturated carbocycles. The lowest BCUT2D eigenvalue weighted by Gasteiger charge is -2.32. The Labute approximate surface area is 124 Å². The predicted octanol–water partition coefficient (Wildman–Crippen LogP) is 2.97. The predicted molar refractivity (Wildman–Crippen MR) is 83.3 cm³/mol. The van der Waals surface area contributed by atoms with Crippen LogP contribution in [0.4, 0.5) is 0 Å². The van der Waals surface area contributed by atoms with Crippen molar-refractivity contribution in [3.05, 3.63) is 35.0 Å². The number of β-amino-alcohol motifs (C(OH)–C–C–N with tert-alkyl or cyclic N) is 1. The number of aliphatic hydroxyl groups is 1. The van der Waals surface area contributed by atoms with Crippen molar-refractivity contribution in [2.45, 2.75) is 31.8 Å². The molecule has 1 N–H and O–H groups in total. The maximum absolute atomic E-state index is 12.3. The van der Waals surface area contributed by atoms with Crippen LogP contribution in [-0.4, -0.2) is 41.5 Å². The molecule has 1 aromatic heterocycles. The number of carbonyl (C=O) groups is 1. The Morgan fingerprint density at radius 3 is 2.90 bits per heavy atom. The van der Waals surface area contributed by atoms with E-state index >= 15 is 0 Å². The van der Waals surface area contributed by atoms with E-state index in [-0.39, 0.29) is 12.0 Å². The fourth-order valence-corrected chi connectivity index (χ4v) is 3.44. The molecule has 0 spiro atoms. The molecule has 3 nitrogen and oxygen atoms in total. The van der Waals surface area contributed by atoms with Gasteiger partial charge in [-0.15, -0.1) is 17.9 Å². The van der Waals surface area contributed by atoms with Crippen LogP contribution in [0.25, 0.3) is 0 Å². The summed E-state index contributed by atoms with van der Waals surface area (Å²) >= 11 is 1.53. The number of carbonyl (C=O) groups excluding carboxylic acids is 1. The third-order valence-corrected chi connectivity index (χ3v) is 4.78. The lowest BCUT2D eigenvalue weighted by Crippen LogP contribution is -2.40. The van der Waals surface area contributed by atoms with E-state index in [9.17, 15) is 9.90 Å². The summed E-state index contributed by atoms with van der Waals surface area (Å²) in [6, 6.07) is 3.85. The van der Waals surface area contributed by atoms with Crippen LogP contribution >= 0.6 is 11.3 Å². The van der Waals surface area contributed by atoms with Crippen molar-refractivity contribution in [1.29, 1.82) is 0 Å². The summed E-state index contributed by atoms with van der Waals surface area (Å²) in [5, 5.41) is 11.9. The number of rotatable bonds is 7. The average Bonchev–Trinajstić information content (AvgIpc) is 2.99. The van der Waals surface area contributed by atoms with Gasteiger partial charge >= 0.3 is 0 Å². The lowest BCUT2D eigenvalue weighted by atomic mass is 9.91. The minimum absolute atomic E-state index is 0.162. The maximum Gasteiger partial charge on any atom is 0.175 e. The van der Waals surface area contributed by atoms with Gasteiger partial charge in [-0.05, 0) is 50.2 Å². The molecule has 0 radical (unpaired) electrons. The zero-order chi connectivity index (χ0) is 14.4. The highest BCUT2D eigenvalue weighted by Crippen LogP contribution is 2.24. The molecule has 4 heteroatoms. The zero-order valence-electron chi connectivity index (χ0n) is 11.8. The summed E-state index contributed by atoms with van der Waals surface area (Å²) in [7, 11) is 0. The molecular weight excluding hydrogens is 270 g/mol. The van der Waals surface area contributed by atoms with Gasteiger partial charge in [0.1, 0.15) is 0 Å². The van der Waals surface area contributed by atoms with Gasteiger partial charge in [-0.3, -0.25) is 4.79 Å². The molecular formula is C16H23NO2S. The van der Waals surface area contributed by atoms with Crippen molar-refractivity contribution in [3.8, 4) is 0 Å². The standard InChI is InChI=1S/C16H23NO2S/c1-2-3-5-14(18)12-17-9-7-13(8-10-17)16(19)15-6-4-11-20-15/h2,4,6,11,13-14,18H,1,3,5,7-10,12H2. The van der Waals surface area contributed by atoms with Crippen LogP contribution in [0, 0.1) is 5.92 Å². The number of likely N-dealkylation sites (tertiary alicyclic amines) is 1. The monoisotopic (exact) mass is 293 g/mol. The van der Waals surface area contributed by atoms with Gasteiger partial charge in [-0.1, -0.05) is 12.1 Å². The van der Waals surface area contributed by atoms with Crippen molar-refractivity contribution in [2.75, 3.05) is 19.6 Å². The van der Waals surface area contributed by atoms with Gasteiger partial charge in [-0.2, -0.15) is 0 Å². The van der Waals surface area contributed by atoms with Crippen LogP contribution in [0.3, 0.4) is 0 Å². The fourth-order valence-electron chi connectivity index (χ4n) is 2.70.